The van der Waals surface area contributed by atoms with Gasteiger partial charge in [0.15, 0.2) is 6.61 Å². The molecule has 0 bridgehead atoms. The van der Waals surface area contributed by atoms with Crippen LogP contribution in [-0.2, 0) is 4.74 Å². The van der Waals surface area contributed by atoms with Crippen molar-refractivity contribution in [3.05, 3.63) is 53.3 Å². The van der Waals surface area contributed by atoms with Crippen molar-refractivity contribution in [2.75, 3.05) is 6.61 Å². The average Bonchev–Trinajstić information content (AvgIpc) is 3.06. The maximum Gasteiger partial charge on any atom is 0.339 e. The van der Waals surface area contributed by atoms with Crippen LogP contribution in [0.5, 0.6) is 0 Å². The van der Waals surface area contributed by atoms with Gasteiger partial charge in [-0.15, -0.1) is 6.42 Å². The molecule has 1 aromatic heterocycles. The van der Waals surface area contributed by atoms with Gasteiger partial charge in [-0.05, 0) is 24.3 Å². The smallest absolute Gasteiger partial charge is 0.339 e. The Bertz CT molecular complexity index is 870. The Morgan fingerprint density at radius 3 is 2.74 bits per heavy atom. The van der Waals surface area contributed by atoms with E-state index < -0.39 is 5.97 Å². The van der Waals surface area contributed by atoms with E-state index in [-0.39, 0.29) is 12.2 Å². The Morgan fingerprint density at radius 1 is 1.26 bits per heavy atom. The topological polar surface area (TPSA) is 87.0 Å². The summed E-state index contributed by atoms with van der Waals surface area (Å²) in [6.45, 7) is -0.0934. The van der Waals surface area contributed by atoms with Crippen LogP contribution < -0.4 is 0 Å². The minimum absolute atomic E-state index is 0.0579. The Kier molecular flexibility index (Phi) is 4.97. The summed E-state index contributed by atoms with van der Waals surface area (Å²) in [7, 11) is 0. The highest BCUT2D eigenvalue weighted by atomic mass is 16.5. The van der Waals surface area contributed by atoms with E-state index in [0.29, 0.717) is 22.6 Å². The number of nitriles is 2. The highest BCUT2D eigenvalue weighted by Gasteiger charge is 2.10. The predicted octanol–water partition coefficient (Wildman–Crippen LogP) is 3.17. The zero-order valence-corrected chi connectivity index (χ0v) is 11.9. The molecule has 23 heavy (non-hydrogen) atoms. The first-order valence-electron chi connectivity index (χ1n) is 6.50. The Balaban J connectivity index is 2.27. The normalized spacial score (nSPS) is 9.09. The lowest BCUT2D eigenvalue weighted by molar-refractivity contribution is 0.0557. The minimum atomic E-state index is -0.521. The molecular formula is C18H10N2O3. The van der Waals surface area contributed by atoms with Crippen molar-refractivity contribution in [3.8, 4) is 35.8 Å². The molecule has 0 amide bonds. The zero-order chi connectivity index (χ0) is 16.7. The summed E-state index contributed by atoms with van der Waals surface area (Å²) in [5.74, 6) is 2.58. The third-order valence-electron chi connectivity index (χ3n) is 2.82. The summed E-state index contributed by atoms with van der Waals surface area (Å²) in [5, 5.41) is 17.5. The Hall–Kier alpha value is -3.75. The Labute approximate surface area is 133 Å². The van der Waals surface area contributed by atoms with Gasteiger partial charge in [0.05, 0.1) is 5.56 Å². The van der Waals surface area contributed by atoms with Crippen LogP contribution in [0.2, 0.25) is 0 Å². The van der Waals surface area contributed by atoms with Crippen LogP contribution in [0.1, 0.15) is 16.1 Å². The van der Waals surface area contributed by atoms with Gasteiger partial charge in [-0.2, -0.15) is 10.5 Å². The molecule has 0 aliphatic rings. The number of hydrogen-bond donors (Lipinski definition) is 0. The molecule has 0 N–H and O–H groups in total. The molecular weight excluding hydrogens is 292 g/mol. The maximum atomic E-state index is 11.8. The number of carbonyl (C=O) groups excluding carboxylic acids is 1. The van der Waals surface area contributed by atoms with Gasteiger partial charge in [-0.3, -0.25) is 0 Å². The summed E-state index contributed by atoms with van der Waals surface area (Å²) in [6.07, 6.45) is 6.39. The molecule has 0 spiro atoms. The summed E-state index contributed by atoms with van der Waals surface area (Å²) in [6, 6.07) is 13.5. The summed E-state index contributed by atoms with van der Waals surface area (Å²) in [4.78, 5) is 11.8. The van der Waals surface area contributed by atoms with Crippen molar-refractivity contribution >= 4 is 12.0 Å². The number of ether oxygens (including phenoxy) is 1. The number of furan rings is 1. The van der Waals surface area contributed by atoms with Crippen LogP contribution in [0.25, 0.3) is 17.4 Å². The van der Waals surface area contributed by atoms with Crippen molar-refractivity contribution in [2.45, 2.75) is 0 Å². The molecule has 2 rings (SSSR count). The fraction of sp³-hybridized carbons (Fsp3) is 0.0556. The molecule has 1 aromatic carbocycles. The number of carbonyl (C=O) groups is 1. The van der Waals surface area contributed by atoms with E-state index in [9.17, 15) is 4.79 Å². The second-order valence-electron chi connectivity index (χ2n) is 4.34. The first-order valence-corrected chi connectivity index (χ1v) is 6.50. The van der Waals surface area contributed by atoms with Crippen molar-refractivity contribution in [2.24, 2.45) is 0 Å². The molecule has 5 heteroatoms. The van der Waals surface area contributed by atoms with E-state index in [0.717, 1.165) is 0 Å². The van der Waals surface area contributed by atoms with Gasteiger partial charge in [0.25, 0.3) is 0 Å². The minimum Gasteiger partial charge on any atom is -0.457 e. The lowest BCUT2D eigenvalue weighted by Crippen LogP contribution is -2.05. The first kappa shape index (κ1) is 15.6. The molecule has 0 unspecified atom stereocenters. The van der Waals surface area contributed by atoms with Gasteiger partial charge in [0, 0.05) is 11.6 Å². The molecule has 5 nitrogen and oxygen atoms in total. The van der Waals surface area contributed by atoms with Crippen molar-refractivity contribution in [1.82, 2.24) is 0 Å². The number of hydrogen-bond acceptors (Lipinski definition) is 5. The molecule has 110 valence electrons. The van der Waals surface area contributed by atoms with Crippen molar-refractivity contribution < 1.29 is 13.9 Å². The highest BCUT2D eigenvalue weighted by molar-refractivity contribution is 5.90. The Morgan fingerprint density at radius 2 is 2.04 bits per heavy atom. The monoisotopic (exact) mass is 302 g/mol. The summed E-state index contributed by atoms with van der Waals surface area (Å²) >= 11 is 0. The third-order valence-corrected chi connectivity index (χ3v) is 2.82. The average molecular weight is 302 g/mol. The van der Waals surface area contributed by atoms with E-state index in [1.807, 2.05) is 0 Å². The number of rotatable bonds is 4. The second-order valence-corrected chi connectivity index (χ2v) is 4.34. The number of terminal acetylenes is 1. The highest BCUT2D eigenvalue weighted by Crippen LogP contribution is 2.24. The fourth-order valence-electron chi connectivity index (χ4n) is 1.81. The molecule has 0 fully saturated rings. The quantitative estimate of drug-likeness (QED) is 0.492. The van der Waals surface area contributed by atoms with Crippen LogP contribution in [0.3, 0.4) is 0 Å². The van der Waals surface area contributed by atoms with E-state index >= 15 is 0 Å². The van der Waals surface area contributed by atoms with Crippen LogP contribution >= 0.6 is 0 Å². The maximum absolute atomic E-state index is 11.8. The summed E-state index contributed by atoms with van der Waals surface area (Å²) < 4.78 is 10.4. The van der Waals surface area contributed by atoms with E-state index in [4.69, 9.17) is 26.1 Å². The molecule has 0 saturated carbocycles. The van der Waals surface area contributed by atoms with Crippen LogP contribution in [-0.4, -0.2) is 12.6 Å². The number of benzene rings is 1. The predicted molar refractivity (Wildman–Crippen MR) is 82.5 cm³/mol. The number of allylic oxidation sites excluding steroid dienone is 1. The molecule has 1 heterocycles. The van der Waals surface area contributed by atoms with Crippen molar-refractivity contribution in [3.63, 3.8) is 0 Å². The molecule has 0 aliphatic heterocycles. The van der Waals surface area contributed by atoms with Gasteiger partial charge in [0.1, 0.15) is 29.2 Å². The second kappa shape index (κ2) is 7.31. The standard InChI is InChI=1S/C18H10N2O3/c1-2-8-22-18(21)15-5-3-4-14(10-15)17-7-6-16(23-17)9-13(11-19)12-20/h1,3-7,9-10H,8H2. The first-order chi connectivity index (χ1) is 11.2. The van der Waals surface area contributed by atoms with Gasteiger partial charge in [0.2, 0.25) is 0 Å². The summed E-state index contributed by atoms with van der Waals surface area (Å²) in [5.41, 5.74) is 0.953. The largest absolute Gasteiger partial charge is 0.457 e. The molecule has 0 radical (unpaired) electrons. The SMILES string of the molecule is C#CCOC(=O)c1cccc(-c2ccc(C=C(C#N)C#N)o2)c1. The number of esters is 1. The van der Waals surface area contributed by atoms with Gasteiger partial charge >= 0.3 is 5.97 Å². The molecule has 0 atom stereocenters. The lowest BCUT2D eigenvalue weighted by Gasteiger charge is -2.03. The van der Waals surface area contributed by atoms with Gasteiger partial charge in [-0.1, -0.05) is 18.1 Å². The third kappa shape index (κ3) is 3.88. The lowest BCUT2D eigenvalue weighted by atomic mass is 10.1. The van der Waals surface area contributed by atoms with Crippen LogP contribution in [0, 0.1) is 35.0 Å². The molecule has 2 aromatic rings. The van der Waals surface area contributed by atoms with Crippen LogP contribution in [0.15, 0.2) is 46.4 Å². The fourth-order valence-corrected chi connectivity index (χ4v) is 1.81. The van der Waals surface area contributed by atoms with E-state index in [2.05, 4.69) is 5.92 Å². The zero-order valence-electron chi connectivity index (χ0n) is 11.9. The molecule has 0 aliphatic carbocycles. The van der Waals surface area contributed by atoms with E-state index in [1.165, 1.54) is 6.08 Å². The van der Waals surface area contributed by atoms with Gasteiger partial charge < -0.3 is 9.15 Å². The molecule has 0 saturated heterocycles. The van der Waals surface area contributed by atoms with Crippen molar-refractivity contribution in [1.29, 1.82) is 10.5 Å². The number of nitrogens with zero attached hydrogens (tertiary/aromatic N) is 2. The van der Waals surface area contributed by atoms with E-state index in [1.54, 1.807) is 48.5 Å². The van der Waals surface area contributed by atoms with Gasteiger partial charge in [-0.25, -0.2) is 4.79 Å². The van der Waals surface area contributed by atoms with Crippen LogP contribution in [0.4, 0.5) is 0 Å².